The number of rotatable bonds is 4. The lowest BCUT2D eigenvalue weighted by atomic mass is 10.0. The van der Waals surface area contributed by atoms with Crippen LogP contribution in [0.5, 0.6) is 0 Å². The van der Waals surface area contributed by atoms with Crippen molar-refractivity contribution in [1.82, 2.24) is 0 Å². The summed E-state index contributed by atoms with van der Waals surface area (Å²) in [6.07, 6.45) is -8.04. The van der Waals surface area contributed by atoms with Crippen LogP contribution in [0.15, 0.2) is 48.5 Å². The van der Waals surface area contributed by atoms with E-state index < -0.39 is 25.2 Å². The molecule has 6 heteroatoms. The number of hydrogen-bond acceptors (Lipinski definition) is 0. The van der Waals surface area contributed by atoms with E-state index in [0.717, 1.165) is 0 Å². The number of alkyl halides is 6. The Balaban J connectivity index is 2.30. The van der Waals surface area contributed by atoms with Crippen LogP contribution in [0.2, 0.25) is 0 Å². The van der Waals surface area contributed by atoms with Gasteiger partial charge in [0.05, 0.1) is 12.8 Å². The number of hydrogen-bond donors (Lipinski definition) is 0. The SMILES string of the molecule is FC(F)(F)Cc1ccccc1/C=C/c1ccccc1CC(F)(F)F. The van der Waals surface area contributed by atoms with Gasteiger partial charge in [0.25, 0.3) is 0 Å². The Morgan fingerprint density at radius 1 is 0.583 bits per heavy atom. The van der Waals surface area contributed by atoms with Gasteiger partial charge in [-0.25, -0.2) is 0 Å². The zero-order valence-electron chi connectivity index (χ0n) is 12.5. The molecule has 0 saturated heterocycles. The highest BCUT2D eigenvalue weighted by Gasteiger charge is 2.29. The highest BCUT2D eigenvalue weighted by Crippen LogP contribution is 2.26. The molecule has 0 bridgehead atoms. The summed E-state index contributed by atoms with van der Waals surface area (Å²) in [6, 6.07) is 11.9. The van der Waals surface area contributed by atoms with Crippen LogP contribution in [0, 0.1) is 0 Å². The van der Waals surface area contributed by atoms with Gasteiger partial charge in [0.15, 0.2) is 0 Å². The van der Waals surface area contributed by atoms with Gasteiger partial charge in [-0.2, -0.15) is 26.3 Å². The van der Waals surface area contributed by atoms with Gasteiger partial charge in [0.1, 0.15) is 0 Å². The molecule has 0 aliphatic carbocycles. The summed E-state index contributed by atoms with van der Waals surface area (Å²) in [4.78, 5) is 0. The second-order valence-corrected chi connectivity index (χ2v) is 5.31. The molecule has 0 heterocycles. The first kappa shape index (κ1) is 18.1. The van der Waals surface area contributed by atoms with Crippen LogP contribution in [0.25, 0.3) is 12.2 Å². The van der Waals surface area contributed by atoms with E-state index in [1.807, 2.05) is 0 Å². The average Bonchev–Trinajstić information content (AvgIpc) is 2.44. The van der Waals surface area contributed by atoms with Crippen molar-refractivity contribution in [3.8, 4) is 0 Å². The maximum Gasteiger partial charge on any atom is 0.393 e. The third-order valence-corrected chi connectivity index (χ3v) is 3.33. The predicted octanol–water partition coefficient (Wildman–Crippen LogP) is 6.07. The van der Waals surface area contributed by atoms with Crippen LogP contribution in [0.3, 0.4) is 0 Å². The molecule has 24 heavy (non-hydrogen) atoms. The summed E-state index contributed by atoms with van der Waals surface area (Å²) in [5.74, 6) is 0. The lowest BCUT2D eigenvalue weighted by molar-refractivity contribution is -0.128. The van der Waals surface area contributed by atoms with Crippen molar-refractivity contribution in [3.05, 3.63) is 70.8 Å². The molecule has 0 atom stereocenters. The summed E-state index contributed by atoms with van der Waals surface area (Å²) in [5, 5.41) is 0. The lowest BCUT2D eigenvalue weighted by Crippen LogP contribution is -2.12. The summed E-state index contributed by atoms with van der Waals surface area (Å²) >= 11 is 0. The van der Waals surface area contributed by atoms with Crippen molar-refractivity contribution >= 4 is 12.2 Å². The summed E-state index contributed by atoms with van der Waals surface area (Å²) in [5.41, 5.74) is 0.817. The Morgan fingerprint density at radius 2 is 0.917 bits per heavy atom. The van der Waals surface area contributed by atoms with E-state index in [1.54, 1.807) is 12.1 Å². The largest absolute Gasteiger partial charge is 0.393 e. The monoisotopic (exact) mass is 344 g/mol. The van der Waals surface area contributed by atoms with Gasteiger partial charge < -0.3 is 0 Å². The zero-order chi connectivity index (χ0) is 17.8. The molecule has 2 aromatic carbocycles. The molecule has 0 amide bonds. The molecule has 128 valence electrons. The van der Waals surface area contributed by atoms with Crippen molar-refractivity contribution in [2.24, 2.45) is 0 Å². The zero-order valence-corrected chi connectivity index (χ0v) is 12.5. The van der Waals surface area contributed by atoms with Crippen LogP contribution in [-0.2, 0) is 12.8 Å². The first-order valence-corrected chi connectivity index (χ1v) is 7.11. The highest BCUT2D eigenvalue weighted by molar-refractivity contribution is 5.72. The summed E-state index contributed by atoms with van der Waals surface area (Å²) in [6.45, 7) is 0. The van der Waals surface area contributed by atoms with Crippen molar-refractivity contribution < 1.29 is 26.3 Å². The molecule has 0 aromatic heterocycles. The molecule has 0 saturated carbocycles. The summed E-state index contributed by atoms with van der Waals surface area (Å²) in [7, 11) is 0. The van der Waals surface area contributed by atoms with E-state index in [2.05, 4.69) is 0 Å². The highest BCUT2D eigenvalue weighted by atomic mass is 19.4. The number of halogens is 6. The van der Waals surface area contributed by atoms with Crippen molar-refractivity contribution in [1.29, 1.82) is 0 Å². The van der Waals surface area contributed by atoms with Gasteiger partial charge in [-0.05, 0) is 22.3 Å². The fourth-order valence-electron chi connectivity index (χ4n) is 2.33. The second kappa shape index (κ2) is 7.11. The molecule has 0 aliphatic rings. The first-order valence-electron chi connectivity index (χ1n) is 7.11. The molecular weight excluding hydrogens is 330 g/mol. The molecule has 0 aliphatic heterocycles. The van der Waals surface area contributed by atoms with Gasteiger partial charge in [-0.3, -0.25) is 0 Å². The van der Waals surface area contributed by atoms with Crippen molar-refractivity contribution in [3.63, 3.8) is 0 Å². The standard InChI is InChI=1S/C18H14F6/c19-17(20,21)11-15-7-3-1-5-13(15)9-10-14-6-2-4-8-16(14)12-18(22,23)24/h1-10H,11-12H2/b10-9+. The smallest absolute Gasteiger partial charge is 0.171 e. The minimum atomic E-state index is -4.35. The maximum atomic E-state index is 12.6. The fourth-order valence-corrected chi connectivity index (χ4v) is 2.33. The van der Waals surface area contributed by atoms with Crippen molar-refractivity contribution in [2.45, 2.75) is 25.2 Å². The maximum absolute atomic E-state index is 12.6. The van der Waals surface area contributed by atoms with E-state index in [4.69, 9.17) is 0 Å². The molecule has 2 rings (SSSR count). The van der Waals surface area contributed by atoms with Crippen LogP contribution >= 0.6 is 0 Å². The van der Waals surface area contributed by atoms with E-state index in [0.29, 0.717) is 11.1 Å². The van der Waals surface area contributed by atoms with E-state index in [1.165, 1.54) is 48.6 Å². The normalized spacial score (nSPS) is 12.8. The lowest BCUT2D eigenvalue weighted by Gasteiger charge is -2.11. The molecule has 0 radical (unpaired) electrons. The fraction of sp³-hybridized carbons (Fsp3) is 0.222. The summed E-state index contributed by atoms with van der Waals surface area (Å²) < 4.78 is 75.5. The molecular formula is C18H14F6. The average molecular weight is 344 g/mol. The van der Waals surface area contributed by atoms with Gasteiger partial charge in [0.2, 0.25) is 0 Å². The van der Waals surface area contributed by atoms with Gasteiger partial charge >= 0.3 is 12.4 Å². The van der Waals surface area contributed by atoms with Crippen LogP contribution < -0.4 is 0 Å². The Kier molecular flexibility index (Phi) is 5.36. The minimum Gasteiger partial charge on any atom is -0.171 e. The van der Waals surface area contributed by atoms with E-state index in [-0.39, 0.29) is 11.1 Å². The third-order valence-electron chi connectivity index (χ3n) is 3.33. The van der Waals surface area contributed by atoms with Crippen LogP contribution in [0.4, 0.5) is 26.3 Å². The molecule has 0 spiro atoms. The molecule has 0 unspecified atom stereocenters. The molecule has 0 N–H and O–H groups in total. The minimum absolute atomic E-state index is 0.0783. The topological polar surface area (TPSA) is 0 Å². The van der Waals surface area contributed by atoms with E-state index >= 15 is 0 Å². The predicted molar refractivity (Wildman–Crippen MR) is 81.3 cm³/mol. The van der Waals surface area contributed by atoms with Gasteiger partial charge in [-0.1, -0.05) is 60.7 Å². The van der Waals surface area contributed by atoms with E-state index in [9.17, 15) is 26.3 Å². The Bertz CT molecular complexity index is 648. The van der Waals surface area contributed by atoms with Crippen molar-refractivity contribution in [2.75, 3.05) is 0 Å². The second-order valence-electron chi connectivity index (χ2n) is 5.31. The van der Waals surface area contributed by atoms with Crippen LogP contribution in [-0.4, -0.2) is 12.4 Å². The molecule has 0 fully saturated rings. The van der Waals surface area contributed by atoms with Crippen LogP contribution in [0.1, 0.15) is 22.3 Å². The Hall–Kier alpha value is -2.24. The number of benzene rings is 2. The Morgan fingerprint density at radius 3 is 1.25 bits per heavy atom. The molecule has 2 aromatic rings. The van der Waals surface area contributed by atoms with Gasteiger partial charge in [-0.15, -0.1) is 0 Å². The first-order chi connectivity index (χ1) is 11.1. The quantitative estimate of drug-likeness (QED) is 0.467. The molecule has 0 nitrogen and oxygen atoms in total. The Labute approximate surface area is 135 Å². The third kappa shape index (κ3) is 5.76. The van der Waals surface area contributed by atoms with Gasteiger partial charge in [0, 0.05) is 0 Å².